The minimum Gasteiger partial charge on any atom is -0.0991 e. The molecule has 0 aromatic heterocycles. The third kappa shape index (κ3) is 22.7. The number of hydrogen-bond donors (Lipinski definition) is 0. The summed E-state index contributed by atoms with van der Waals surface area (Å²) in [5.41, 5.74) is 1.42. The third-order valence-corrected chi connectivity index (χ3v) is 1.05. The van der Waals surface area contributed by atoms with E-state index in [2.05, 4.69) is 26.5 Å². The van der Waals surface area contributed by atoms with Gasteiger partial charge in [0.15, 0.2) is 0 Å². The highest BCUT2D eigenvalue weighted by atomic mass is 13.9. The van der Waals surface area contributed by atoms with Gasteiger partial charge in [-0.1, -0.05) is 65.3 Å². The zero-order chi connectivity index (χ0) is 10.4. The van der Waals surface area contributed by atoms with Crippen molar-refractivity contribution in [3.8, 4) is 0 Å². The molecule has 0 nitrogen and oxygen atoms in total. The second-order valence-corrected chi connectivity index (χ2v) is 2.00. The van der Waals surface area contributed by atoms with Gasteiger partial charge in [0.1, 0.15) is 0 Å². The van der Waals surface area contributed by atoms with Gasteiger partial charge in [-0.25, -0.2) is 0 Å². The fourth-order valence-electron chi connectivity index (χ4n) is 0.679. The van der Waals surface area contributed by atoms with Gasteiger partial charge in [0.25, 0.3) is 0 Å². The SMILES string of the molecule is C=C/C=C(\C)CCC.CC.CC. The van der Waals surface area contributed by atoms with Crippen LogP contribution in [0.25, 0.3) is 0 Å². The lowest BCUT2D eigenvalue weighted by Crippen LogP contribution is -1.71. The summed E-state index contributed by atoms with van der Waals surface area (Å²) in [5.74, 6) is 0. The first-order chi connectivity index (χ1) is 5.81. The molecular weight excluding hydrogens is 144 g/mol. The molecule has 0 amide bonds. The van der Waals surface area contributed by atoms with Crippen molar-refractivity contribution in [2.75, 3.05) is 0 Å². The zero-order valence-corrected chi connectivity index (χ0v) is 9.78. The molecule has 0 heterocycles. The summed E-state index contributed by atoms with van der Waals surface area (Å²) in [5, 5.41) is 0. The second-order valence-electron chi connectivity index (χ2n) is 2.00. The fraction of sp³-hybridized carbons (Fsp3) is 0.667. The van der Waals surface area contributed by atoms with E-state index in [0.29, 0.717) is 0 Å². The van der Waals surface area contributed by atoms with Crippen LogP contribution in [0.3, 0.4) is 0 Å². The van der Waals surface area contributed by atoms with Gasteiger partial charge in [-0.05, 0) is 13.3 Å². The van der Waals surface area contributed by atoms with Crippen LogP contribution in [0.15, 0.2) is 24.3 Å². The Bertz CT molecular complexity index is 88.2. The van der Waals surface area contributed by atoms with E-state index in [1.807, 2.05) is 33.8 Å². The molecule has 0 rings (SSSR count). The zero-order valence-electron chi connectivity index (χ0n) is 9.78. The van der Waals surface area contributed by atoms with E-state index in [9.17, 15) is 0 Å². The van der Waals surface area contributed by atoms with Crippen LogP contribution in [-0.2, 0) is 0 Å². The lowest BCUT2D eigenvalue weighted by molar-refractivity contribution is 0.906. The van der Waals surface area contributed by atoms with Crippen molar-refractivity contribution in [2.24, 2.45) is 0 Å². The summed E-state index contributed by atoms with van der Waals surface area (Å²) in [6, 6.07) is 0. The molecule has 0 atom stereocenters. The Morgan fingerprint density at radius 1 is 1.17 bits per heavy atom. The average Bonchev–Trinajstić information content (AvgIpc) is 2.12. The van der Waals surface area contributed by atoms with Crippen molar-refractivity contribution >= 4 is 0 Å². The maximum absolute atomic E-state index is 3.61. The maximum atomic E-state index is 3.61. The number of hydrogen-bond acceptors (Lipinski definition) is 0. The van der Waals surface area contributed by atoms with Crippen LogP contribution in [0.2, 0.25) is 0 Å². The Morgan fingerprint density at radius 2 is 1.58 bits per heavy atom. The van der Waals surface area contributed by atoms with Crippen molar-refractivity contribution in [3.05, 3.63) is 24.3 Å². The summed E-state index contributed by atoms with van der Waals surface area (Å²) in [7, 11) is 0. The normalized spacial score (nSPS) is 8.67. The van der Waals surface area contributed by atoms with Gasteiger partial charge >= 0.3 is 0 Å². The first kappa shape index (κ1) is 17.5. The van der Waals surface area contributed by atoms with Crippen molar-refractivity contribution in [3.63, 3.8) is 0 Å². The summed E-state index contributed by atoms with van der Waals surface area (Å²) in [6.07, 6.45) is 6.33. The van der Waals surface area contributed by atoms with E-state index in [0.717, 1.165) is 0 Å². The van der Waals surface area contributed by atoms with E-state index in [1.54, 1.807) is 0 Å². The summed E-state index contributed by atoms with van der Waals surface area (Å²) >= 11 is 0. The maximum Gasteiger partial charge on any atom is -0.0323 e. The molecule has 0 N–H and O–H groups in total. The minimum atomic E-state index is 1.20. The van der Waals surface area contributed by atoms with Gasteiger partial charge in [0.05, 0.1) is 0 Å². The van der Waals surface area contributed by atoms with E-state index in [-0.39, 0.29) is 0 Å². The summed E-state index contributed by atoms with van der Waals surface area (Å²) in [4.78, 5) is 0. The molecule has 12 heavy (non-hydrogen) atoms. The summed E-state index contributed by atoms with van der Waals surface area (Å²) < 4.78 is 0. The predicted octanol–water partition coefficient (Wildman–Crippen LogP) is 4.97. The Labute approximate surface area is 79.4 Å². The molecule has 0 heteroatoms. The van der Waals surface area contributed by atoms with Crippen LogP contribution in [0.5, 0.6) is 0 Å². The van der Waals surface area contributed by atoms with E-state index in [4.69, 9.17) is 0 Å². The molecule has 0 aliphatic carbocycles. The number of allylic oxidation sites excluding steroid dienone is 3. The molecule has 0 spiro atoms. The van der Waals surface area contributed by atoms with Crippen molar-refractivity contribution < 1.29 is 0 Å². The monoisotopic (exact) mass is 170 g/mol. The van der Waals surface area contributed by atoms with Crippen LogP contribution in [-0.4, -0.2) is 0 Å². The predicted molar refractivity (Wildman–Crippen MR) is 61.6 cm³/mol. The molecule has 0 unspecified atom stereocenters. The fourth-order valence-corrected chi connectivity index (χ4v) is 0.679. The van der Waals surface area contributed by atoms with Crippen molar-refractivity contribution in [1.29, 1.82) is 0 Å². The largest absolute Gasteiger partial charge is 0.0991 e. The lowest BCUT2D eigenvalue weighted by Gasteiger charge is -1.91. The quantitative estimate of drug-likeness (QED) is 0.524. The van der Waals surface area contributed by atoms with Gasteiger partial charge in [-0.3, -0.25) is 0 Å². The smallest absolute Gasteiger partial charge is 0.0323 e. The molecule has 0 aromatic carbocycles. The average molecular weight is 170 g/mol. The molecule has 0 saturated heterocycles. The highest BCUT2D eigenvalue weighted by Crippen LogP contribution is 2.01. The second kappa shape index (κ2) is 22.4. The van der Waals surface area contributed by atoms with E-state index in [1.165, 1.54) is 18.4 Å². The standard InChI is InChI=1S/C8H14.2C2H6/c1-4-6-8(3)7-5-2;2*1-2/h4,6H,1,5,7H2,2-3H3;2*1-2H3/b8-6+;;. The molecule has 0 aliphatic heterocycles. The Morgan fingerprint density at radius 3 is 1.83 bits per heavy atom. The first-order valence-electron chi connectivity index (χ1n) is 5.09. The number of rotatable bonds is 3. The van der Waals surface area contributed by atoms with Gasteiger partial charge in [-0.15, -0.1) is 0 Å². The molecule has 0 fully saturated rings. The minimum absolute atomic E-state index is 1.20. The molecule has 0 aliphatic rings. The van der Waals surface area contributed by atoms with Gasteiger partial charge in [0.2, 0.25) is 0 Å². The van der Waals surface area contributed by atoms with Crippen LogP contribution in [0.1, 0.15) is 54.4 Å². The highest BCUT2D eigenvalue weighted by Gasteiger charge is 1.80. The Hall–Kier alpha value is -0.520. The molecule has 0 aromatic rings. The first-order valence-corrected chi connectivity index (χ1v) is 5.09. The van der Waals surface area contributed by atoms with Gasteiger partial charge < -0.3 is 0 Å². The highest BCUT2D eigenvalue weighted by molar-refractivity contribution is 5.07. The van der Waals surface area contributed by atoms with Crippen LogP contribution in [0, 0.1) is 0 Å². The molecule has 0 bridgehead atoms. The van der Waals surface area contributed by atoms with E-state index < -0.39 is 0 Å². The van der Waals surface area contributed by atoms with Gasteiger partial charge in [-0.2, -0.15) is 0 Å². The van der Waals surface area contributed by atoms with E-state index >= 15 is 0 Å². The Kier molecular flexibility index (Phi) is 32.8. The molecule has 0 saturated carbocycles. The summed E-state index contributed by atoms with van der Waals surface area (Å²) in [6.45, 7) is 15.9. The molecular formula is C12H26. The third-order valence-electron chi connectivity index (χ3n) is 1.05. The Balaban J connectivity index is -0.000000175. The van der Waals surface area contributed by atoms with Crippen LogP contribution >= 0.6 is 0 Å². The molecule has 0 radical (unpaired) electrons. The van der Waals surface area contributed by atoms with Crippen molar-refractivity contribution in [1.82, 2.24) is 0 Å². The topological polar surface area (TPSA) is 0 Å². The van der Waals surface area contributed by atoms with Crippen LogP contribution < -0.4 is 0 Å². The van der Waals surface area contributed by atoms with Crippen LogP contribution in [0.4, 0.5) is 0 Å². The lowest BCUT2D eigenvalue weighted by atomic mass is 10.2. The molecule has 74 valence electrons. The van der Waals surface area contributed by atoms with Gasteiger partial charge in [0, 0.05) is 0 Å². The van der Waals surface area contributed by atoms with Crippen molar-refractivity contribution in [2.45, 2.75) is 54.4 Å².